The first-order chi connectivity index (χ1) is 13.1. The van der Waals surface area contributed by atoms with E-state index in [4.69, 9.17) is 10.00 Å². The van der Waals surface area contributed by atoms with Gasteiger partial charge in [0.1, 0.15) is 18.4 Å². The van der Waals surface area contributed by atoms with E-state index in [1.54, 1.807) is 42.2 Å². The Morgan fingerprint density at radius 1 is 1.19 bits per heavy atom. The van der Waals surface area contributed by atoms with E-state index < -0.39 is 6.10 Å². The van der Waals surface area contributed by atoms with E-state index in [-0.39, 0.29) is 5.91 Å². The summed E-state index contributed by atoms with van der Waals surface area (Å²) in [6.07, 6.45) is 2.54. The van der Waals surface area contributed by atoms with Gasteiger partial charge in [-0.05, 0) is 42.3 Å². The third-order valence-electron chi connectivity index (χ3n) is 3.97. The number of hydrogen-bond donors (Lipinski definition) is 1. The van der Waals surface area contributed by atoms with Crippen molar-refractivity contribution in [1.29, 1.82) is 5.26 Å². The maximum Gasteiger partial charge on any atom is 0.261 e. The fraction of sp³-hybridized carbons (Fsp3) is 0.200. The molecule has 1 N–H and O–H groups in total. The van der Waals surface area contributed by atoms with Crippen molar-refractivity contribution in [2.24, 2.45) is 0 Å². The van der Waals surface area contributed by atoms with Crippen LogP contribution in [0.25, 0.3) is 0 Å². The number of amides is 1. The number of benzene rings is 2. The molecular formula is C20H19N5O2. The molecule has 0 radical (unpaired) electrons. The van der Waals surface area contributed by atoms with Crippen LogP contribution in [0, 0.1) is 11.3 Å². The summed E-state index contributed by atoms with van der Waals surface area (Å²) in [6, 6.07) is 16.6. The van der Waals surface area contributed by atoms with E-state index in [2.05, 4.69) is 15.4 Å². The lowest BCUT2D eigenvalue weighted by Crippen LogP contribution is -2.35. The Labute approximate surface area is 157 Å². The number of carbonyl (C=O) groups excluding carboxylic acids is 1. The number of ether oxygens (including phenoxy) is 1. The monoisotopic (exact) mass is 361 g/mol. The van der Waals surface area contributed by atoms with Gasteiger partial charge in [0.2, 0.25) is 0 Å². The zero-order chi connectivity index (χ0) is 19.1. The molecule has 0 aliphatic rings. The third-order valence-corrected chi connectivity index (χ3v) is 3.97. The summed E-state index contributed by atoms with van der Waals surface area (Å²) in [7, 11) is 0. The average molecular weight is 361 g/mol. The van der Waals surface area contributed by atoms with Crippen molar-refractivity contribution in [3.05, 3.63) is 77.9 Å². The fourth-order valence-corrected chi connectivity index (χ4v) is 2.46. The van der Waals surface area contributed by atoms with Gasteiger partial charge < -0.3 is 10.1 Å². The van der Waals surface area contributed by atoms with Crippen LogP contribution in [0.5, 0.6) is 5.75 Å². The summed E-state index contributed by atoms with van der Waals surface area (Å²) < 4.78 is 7.35. The minimum Gasteiger partial charge on any atom is -0.481 e. The number of nitrogens with zero attached hydrogens (tertiary/aromatic N) is 4. The number of carbonyl (C=O) groups is 1. The van der Waals surface area contributed by atoms with Gasteiger partial charge in [0.15, 0.2) is 6.10 Å². The van der Waals surface area contributed by atoms with Crippen LogP contribution in [-0.2, 0) is 17.9 Å². The second-order valence-corrected chi connectivity index (χ2v) is 6.02. The van der Waals surface area contributed by atoms with E-state index >= 15 is 0 Å². The Hall–Kier alpha value is -3.66. The average Bonchev–Trinajstić information content (AvgIpc) is 3.21. The van der Waals surface area contributed by atoms with E-state index in [9.17, 15) is 4.79 Å². The molecule has 1 aromatic heterocycles. The van der Waals surface area contributed by atoms with Crippen LogP contribution < -0.4 is 10.1 Å². The summed E-state index contributed by atoms with van der Waals surface area (Å²) in [4.78, 5) is 16.1. The zero-order valence-corrected chi connectivity index (χ0v) is 14.9. The van der Waals surface area contributed by atoms with Crippen LogP contribution in [0.2, 0.25) is 0 Å². The summed E-state index contributed by atoms with van der Waals surface area (Å²) in [6.45, 7) is 2.76. The molecule has 1 heterocycles. The molecule has 2 aromatic carbocycles. The maximum atomic E-state index is 12.2. The lowest BCUT2D eigenvalue weighted by Gasteiger charge is -2.15. The van der Waals surface area contributed by atoms with Crippen molar-refractivity contribution in [3.8, 4) is 11.8 Å². The first-order valence-corrected chi connectivity index (χ1v) is 8.49. The molecule has 7 heteroatoms. The molecule has 0 saturated carbocycles. The van der Waals surface area contributed by atoms with Crippen molar-refractivity contribution in [2.45, 2.75) is 26.1 Å². The molecule has 0 aliphatic heterocycles. The van der Waals surface area contributed by atoms with E-state index in [1.165, 1.54) is 6.33 Å². The molecule has 0 bridgehead atoms. The molecular weight excluding hydrogens is 342 g/mol. The molecule has 1 unspecified atom stereocenters. The van der Waals surface area contributed by atoms with Gasteiger partial charge in [-0.2, -0.15) is 10.4 Å². The molecule has 0 aliphatic carbocycles. The minimum atomic E-state index is -0.635. The van der Waals surface area contributed by atoms with Gasteiger partial charge in [-0.15, -0.1) is 0 Å². The van der Waals surface area contributed by atoms with Gasteiger partial charge in [0.25, 0.3) is 5.91 Å². The summed E-state index contributed by atoms with van der Waals surface area (Å²) in [5.41, 5.74) is 2.65. The van der Waals surface area contributed by atoms with Crippen molar-refractivity contribution in [3.63, 3.8) is 0 Å². The van der Waals surface area contributed by atoms with Gasteiger partial charge in [-0.1, -0.05) is 24.3 Å². The number of nitrogens with one attached hydrogen (secondary N) is 1. The molecule has 7 nitrogen and oxygen atoms in total. The standard InChI is InChI=1S/C20H19N5O2/c1-15(27-19-8-6-16(10-21)7-9-19)20(26)23-11-17-2-4-18(5-3-17)12-25-14-22-13-24-25/h2-9,13-15H,11-12H2,1H3,(H,23,26). The molecule has 27 heavy (non-hydrogen) atoms. The van der Waals surface area contributed by atoms with Crippen molar-refractivity contribution in [2.75, 3.05) is 0 Å². The van der Waals surface area contributed by atoms with E-state index in [1.807, 2.05) is 30.3 Å². The molecule has 1 atom stereocenters. The molecule has 0 spiro atoms. The summed E-state index contributed by atoms with van der Waals surface area (Å²) in [5, 5.41) is 15.7. The van der Waals surface area contributed by atoms with Crippen molar-refractivity contribution in [1.82, 2.24) is 20.1 Å². The van der Waals surface area contributed by atoms with Gasteiger partial charge in [0.05, 0.1) is 18.2 Å². The van der Waals surface area contributed by atoms with E-state index in [0.29, 0.717) is 24.4 Å². The second-order valence-electron chi connectivity index (χ2n) is 6.02. The molecule has 3 rings (SSSR count). The van der Waals surface area contributed by atoms with Crippen molar-refractivity contribution >= 4 is 5.91 Å². The molecule has 3 aromatic rings. The van der Waals surface area contributed by atoms with Crippen LogP contribution >= 0.6 is 0 Å². The van der Waals surface area contributed by atoms with Gasteiger partial charge >= 0.3 is 0 Å². The highest BCUT2D eigenvalue weighted by molar-refractivity contribution is 5.80. The smallest absolute Gasteiger partial charge is 0.261 e. The number of nitriles is 1. The van der Waals surface area contributed by atoms with E-state index in [0.717, 1.165) is 11.1 Å². The maximum absolute atomic E-state index is 12.2. The second kappa shape index (κ2) is 8.63. The van der Waals surface area contributed by atoms with Crippen LogP contribution in [0.4, 0.5) is 0 Å². The number of aromatic nitrogens is 3. The molecule has 0 fully saturated rings. The zero-order valence-electron chi connectivity index (χ0n) is 14.9. The largest absolute Gasteiger partial charge is 0.481 e. The topological polar surface area (TPSA) is 92.8 Å². The number of rotatable bonds is 7. The molecule has 1 amide bonds. The third kappa shape index (κ3) is 5.16. The lowest BCUT2D eigenvalue weighted by atomic mass is 10.1. The highest BCUT2D eigenvalue weighted by atomic mass is 16.5. The van der Waals surface area contributed by atoms with Crippen LogP contribution in [0.3, 0.4) is 0 Å². The Kier molecular flexibility index (Phi) is 5.80. The van der Waals surface area contributed by atoms with Crippen LogP contribution in [0.15, 0.2) is 61.2 Å². The predicted octanol–water partition coefficient (Wildman–Crippen LogP) is 2.28. The SMILES string of the molecule is CC(Oc1ccc(C#N)cc1)C(=O)NCc1ccc(Cn2cncn2)cc1. The predicted molar refractivity (Wildman–Crippen MR) is 98.7 cm³/mol. The highest BCUT2D eigenvalue weighted by Crippen LogP contribution is 2.13. The highest BCUT2D eigenvalue weighted by Gasteiger charge is 2.14. The van der Waals surface area contributed by atoms with Crippen molar-refractivity contribution < 1.29 is 9.53 Å². The Balaban J connectivity index is 1.48. The summed E-state index contributed by atoms with van der Waals surface area (Å²) in [5.74, 6) is 0.347. The van der Waals surface area contributed by atoms with Crippen LogP contribution in [0.1, 0.15) is 23.6 Å². The first kappa shape index (κ1) is 18.1. The quantitative estimate of drug-likeness (QED) is 0.697. The van der Waals surface area contributed by atoms with Gasteiger partial charge in [-0.25, -0.2) is 9.67 Å². The Morgan fingerprint density at radius 3 is 2.52 bits per heavy atom. The number of hydrogen-bond acceptors (Lipinski definition) is 5. The fourth-order valence-electron chi connectivity index (χ4n) is 2.46. The molecule has 0 saturated heterocycles. The summed E-state index contributed by atoms with van der Waals surface area (Å²) >= 11 is 0. The normalized spacial score (nSPS) is 11.4. The van der Waals surface area contributed by atoms with Crippen LogP contribution in [-0.4, -0.2) is 26.8 Å². The Morgan fingerprint density at radius 2 is 1.89 bits per heavy atom. The first-order valence-electron chi connectivity index (χ1n) is 8.49. The van der Waals surface area contributed by atoms with Gasteiger partial charge in [0, 0.05) is 6.54 Å². The van der Waals surface area contributed by atoms with Gasteiger partial charge in [-0.3, -0.25) is 4.79 Å². The molecule has 136 valence electrons. The lowest BCUT2D eigenvalue weighted by molar-refractivity contribution is -0.127. The Bertz CT molecular complexity index is 913. The minimum absolute atomic E-state index is 0.203.